The van der Waals surface area contributed by atoms with Crippen LogP contribution in [0.3, 0.4) is 0 Å². The fourth-order valence-corrected chi connectivity index (χ4v) is 2.19. The van der Waals surface area contributed by atoms with Gasteiger partial charge < -0.3 is 5.11 Å². The maximum atomic E-state index is 10.4. The zero-order valence-electron chi connectivity index (χ0n) is 13.5. The molecule has 2 heteroatoms. The van der Waals surface area contributed by atoms with E-state index in [1.807, 2.05) is 69.4 Å². The van der Waals surface area contributed by atoms with Gasteiger partial charge in [-0.05, 0) is 25.1 Å². The molecule has 2 nitrogen and oxygen atoms in total. The molecule has 0 aliphatic carbocycles. The molecule has 2 unspecified atom stereocenters. The Kier molecular flexibility index (Phi) is 7.73. The van der Waals surface area contributed by atoms with E-state index in [-0.39, 0.29) is 6.04 Å². The zero-order valence-corrected chi connectivity index (χ0v) is 13.5. The summed E-state index contributed by atoms with van der Waals surface area (Å²) >= 11 is 0. The monoisotopic (exact) mass is 285 g/mol. The minimum Gasteiger partial charge on any atom is -0.387 e. The molecule has 0 bridgehead atoms. The summed E-state index contributed by atoms with van der Waals surface area (Å²) in [5.74, 6) is 0. The molecule has 0 radical (unpaired) electrons. The average molecular weight is 285 g/mol. The van der Waals surface area contributed by atoms with Gasteiger partial charge in [0.05, 0.1) is 6.10 Å². The van der Waals surface area contributed by atoms with Crippen molar-refractivity contribution < 1.29 is 5.11 Å². The van der Waals surface area contributed by atoms with E-state index >= 15 is 0 Å². The van der Waals surface area contributed by atoms with Gasteiger partial charge in [-0.25, -0.2) is 0 Å². The Bertz CT molecular complexity index is 483. The summed E-state index contributed by atoms with van der Waals surface area (Å²) in [4.78, 5) is 2.17. The number of hydrogen-bond acceptors (Lipinski definition) is 2. The lowest BCUT2D eigenvalue weighted by Crippen LogP contribution is -2.33. The highest BCUT2D eigenvalue weighted by molar-refractivity contribution is 5.19. The molecule has 0 heterocycles. The average Bonchev–Trinajstić information content (AvgIpc) is 2.57. The van der Waals surface area contributed by atoms with Crippen LogP contribution in [0.15, 0.2) is 60.7 Å². The highest BCUT2D eigenvalue weighted by Crippen LogP contribution is 2.20. The van der Waals surface area contributed by atoms with Crippen LogP contribution in [0, 0.1) is 0 Å². The molecular weight excluding hydrogens is 258 g/mol. The Balaban J connectivity index is 0.00000106. The lowest BCUT2D eigenvalue weighted by atomic mass is 10.0. The number of aliphatic hydroxyl groups is 1. The third-order valence-corrected chi connectivity index (χ3v) is 3.57. The van der Waals surface area contributed by atoms with Crippen molar-refractivity contribution in [2.24, 2.45) is 0 Å². The number of likely N-dealkylation sites (N-methyl/N-ethyl adjacent to an activating group) is 1. The second kappa shape index (κ2) is 9.32. The molecule has 2 aromatic rings. The van der Waals surface area contributed by atoms with Gasteiger partial charge in [0.15, 0.2) is 0 Å². The molecule has 1 N–H and O–H groups in total. The first-order valence-electron chi connectivity index (χ1n) is 7.65. The van der Waals surface area contributed by atoms with Gasteiger partial charge in [0.1, 0.15) is 0 Å². The Labute approximate surface area is 129 Å². The van der Waals surface area contributed by atoms with Gasteiger partial charge in [0.25, 0.3) is 0 Å². The van der Waals surface area contributed by atoms with Crippen LogP contribution in [0.4, 0.5) is 0 Å². The normalized spacial score (nSPS) is 13.2. The van der Waals surface area contributed by atoms with Crippen LogP contribution < -0.4 is 0 Å². The Hall–Kier alpha value is -1.64. The van der Waals surface area contributed by atoms with Crippen molar-refractivity contribution in [2.45, 2.75) is 39.5 Å². The first-order chi connectivity index (χ1) is 10.2. The fraction of sp³-hybridized carbons (Fsp3) is 0.368. The van der Waals surface area contributed by atoms with Gasteiger partial charge in [0.2, 0.25) is 0 Å². The molecular formula is C19H27NO. The van der Waals surface area contributed by atoms with Crippen LogP contribution in [0.5, 0.6) is 0 Å². The number of aliphatic hydroxyl groups excluding tert-OH is 1. The Morgan fingerprint density at radius 3 is 1.90 bits per heavy atom. The molecule has 0 fully saturated rings. The van der Waals surface area contributed by atoms with E-state index in [2.05, 4.69) is 24.0 Å². The van der Waals surface area contributed by atoms with Crippen LogP contribution in [-0.2, 0) is 6.54 Å². The van der Waals surface area contributed by atoms with Gasteiger partial charge in [-0.2, -0.15) is 0 Å². The molecule has 0 saturated heterocycles. The Morgan fingerprint density at radius 2 is 1.38 bits per heavy atom. The highest BCUT2D eigenvalue weighted by atomic mass is 16.3. The summed E-state index contributed by atoms with van der Waals surface area (Å²) in [5.41, 5.74) is 2.23. The predicted octanol–water partition coefficient (Wildman–Crippen LogP) is 4.27. The van der Waals surface area contributed by atoms with E-state index in [1.54, 1.807) is 0 Å². The highest BCUT2D eigenvalue weighted by Gasteiger charge is 2.20. The lowest BCUT2D eigenvalue weighted by Gasteiger charge is -2.29. The maximum Gasteiger partial charge on any atom is 0.0942 e. The first-order valence-corrected chi connectivity index (χ1v) is 7.65. The third-order valence-electron chi connectivity index (χ3n) is 3.57. The van der Waals surface area contributed by atoms with Crippen molar-refractivity contribution in [3.05, 3.63) is 71.8 Å². The summed E-state index contributed by atoms with van der Waals surface area (Å²) in [5, 5.41) is 10.4. The minimum absolute atomic E-state index is 0.0719. The van der Waals surface area contributed by atoms with E-state index in [1.165, 1.54) is 5.56 Å². The first kappa shape index (κ1) is 17.4. The number of benzene rings is 2. The van der Waals surface area contributed by atoms with E-state index < -0.39 is 6.10 Å². The Morgan fingerprint density at radius 1 is 0.905 bits per heavy atom. The fourth-order valence-electron chi connectivity index (χ4n) is 2.19. The van der Waals surface area contributed by atoms with Crippen molar-refractivity contribution in [1.29, 1.82) is 0 Å². The third kappa shape index (κ3) is 5.33. The lowest BCUT2D eigenvalue weighted by molar-refractivity contribution is 0.0688. The molecule has 0 saturated carbocycles. The maximum absolute atomic E-state index is 10.4. The predicted molar refractivity (Wildman–Crippen MR) is 90.1 cm³/mol. The molecule has 0 aliphatic rings. The molecule has 21 heavy (non-hydrogen) atoms. The largest absolute Gasteiger partial charge is 0.387 e. The van der Waals surface area contributed by atoms with Gasteiger partial charge in [-0.1, -0.05) is 74.5 Å². The standard InChI is InChI=1S/C17H21NO.C2H6/c1-14(17(19)16-11-7-4-8-12-16)18(2)13-15-9-5-3-6-10-15;1-2/h3-12,14,17,19H,13H2,1-2H3;1-2H3. The summed E-state index contributed by atoms with van der Waals surface area (Å²) in [6, 6.07) is 20.2. The summed E-state index contributed by atoms with van der Waals surface area (Å²) in [7, 11) is 2.05. The summed E-state index contributed by atoms with van der Waals surface area (Å²) in [6.07, 6.45) is -0.463. The number of rotatable bonds is 5. The topological polar surface area (TPSA) is 23.5 Å². The van der Waals surface area contributed by atoms with Crippen molar-refractivity contribution in [1.82, 2.24) is 4.90 Å². The molecule has 0 amide bonds. The van der Waals surface area contributed by atoms with Crippen LogP contribution in [0.2, 0.25) is 0 Å². The van der Waals surface area contributed by atoms with Gasteiger partial charge >= 0.3 is 0 Å². The second-order valence-corrected chi connectivity index (χ2v) is 5.00. The van der Waals surface area contributed by atoms with Crippen molar-refractivity contribution in [2.75, 3.05) is 7.05 Å². The summed E-state index contributed by atoms with van der Waals surface area (Å²) in [6.45, 7) is 6.90. The minimum atomic E-state index is -0.463. The summed E-state index contributed by atoms with van der Waals surface area (Å²) < 4.78 is 0. The molecule has 0 aromatic heterocycles. The van der Waals surface area contributed by atoms with Gasteiger partial charge in [-0.3, -0.25) is 4.90 Å². The van der Waals surface area contributed by atoms with Crippen LogP contribution >= 0.6 is 0 Å². The second-order valence-electron chi connectivity index (χ2n) is 5.00. The molecule has 114 valence electrons. The number of nitrogens with zero attached hydrogens (tertiary/aromatic N) is 1. The van der Waals surface area contributed by atoms with Crippen molar-refractivity contribution in [3.8, 4) is 0 Å². The molecule has 2 atom stereocenters. The van der Waals surface area contributed by atoms with Crippen LogP contribution in [0.1, 0.15) is 38.0 Å². The van der Waals surface area contributed by atoms with Crippen LogP contribution in [-0.4, -0.2) is 23.1 Å². The quantitative estimate of drug-likeness (QED) is 0.887. The van der Waals surface area contributed by atoms with Crippen molar-refractivity contribution in [3.63, 3.8) is 0 Å². The zero-order chi connectivity index (χ0) is 15.7. The van der Waals surface area contributed by atoms with E-state index in [0.717, 1.165) is 12.1 Å². The molecule has 0 aliphatic heterocycles. The van der Waals surface area contributed by atoms with E-state index in [4.69, 9.17) is 0 Å². The van der Waals surface area contributed by atoms with Gasteiger partial charge in [0, 0.05) is 12.6 Å². The molecule has 2 aromatic carbocycles. The van der Waals surface area contributed by atoms with E-state index in [9.17, 15) is 5.11 Å². The number of hydrogen-bond donors (Lipinski definition) is 1. The van der Waals surface area contributed by atoms with Gasteiger partial charge in [-0.15, -0.1) is 0 Å². The molecule has 0 spiro atoms. The van der Waals surface area contributed by atoms with Crippen molar-refractivity contribution >= 4 is 0 Å². The van der Waals surface area contributed by atoms with E-state index in [0.29, 0.717) is 0 Å². The van der Waals surface area contributed by atoms with Crippen LogP contribution in [0.25, 0.3) is 0 Å². The molecule has 2 rings (SSSR count). The SMILES string of the molecule is CC.CC(C(O)c1ccccc1)N(C)Cc1ccccc1. The smallest absolute Gasteiger partial charge is 0.0942 e.